The normalized spacial score (nSPS) is 10.3. The van der Waals surface area contributed by atoms with Gasteiger partial charge in [0.15, 0.2) is 0 Å². The van der Waals surface area contributed by atoms with Crippen LogP contribution in [0.2, 0.25) is 0 Å². The Bertz CT molecular complexity index is 531. The molecule has 0 amide bonds. The standard InChI is InChI=1S/C13H11BrFNO/c14-12-3-1-2-4-13(12)17-11-6-9(8-16)5-10(15)7-11/h1-7H,8,16H2. The van der Waals surface area contributed by atoms with E-state index in [1.54, 1.807) is 12.1 Å². The minimum atomic E-state index is -0.352. The molecule has 0 unspecified atom stereocenters. The summed E-state index contributed by atoms with van der Waals surface area (Å²) in [7, 11) is 0. The molecule has 0 bridgehead atoms. The van der Waals surface area contributed by atoms with Gasteiger partial charge in [0.2, 0.25) is 0 Å². The molecule has 2 aromatic rings. The lowest BCUT2D eigenvalue weighted by molar-refractivity contribution is 0.473. The summed E-state index contributed by atoms with van der Waals surface area (Å²) in [6, 6.07) is 11.8. The SMILES string of the molecule is NCc1cc(F)cc(Oc2ccccc2Br)c1. The Morgan fingerprint density at radius 2 is 1.94 bits per heavy atom. The van der Waals surface area contributed by atoms with E-state index in [1.807, 2.05) is 18.2 Å². The molecule has 2 rings (SSSR count). The molecule has 2 aromatic carbocycles. The Morgan fingerprint density at radius 3 is 2.65 bits per heavy atom. The van der Waals surface area contributed by atoms with Crippen LogP contribution >= 0.6 is 15.9 Å². The second-order valence-corrected chi connectivity index (χ2v) is 4.39. The van der Waals surface area contributed by atoms with Crippen molar-refractivity contribution in [1.82, 2.24) is 0 Å². The molecular weight excluding hydrogens is 285 g/mol. The average molecular weight is 296 g/mol. The summed E-state index contributed by atoms with van der Waals surface area (Å²) < 4.78 is 19.7. The van der Waals surface area contributed by atoms with Gasteiger partial charge in [-0.05, 0) is 45.8 Å². The van der Waals surface area contributed by atoms with Crippen molar-refractivity contribution in [2.75, 3.05) is 0 Å². The summed E-state index contributed by atoms with van der Waals surface area (Å²) in [5.41, 5.74) is 6.18. The predicted molar refractivity (Wildman–Crippen MR) is 68.5 cm³/mol. The molecule has 0 heterocycles. The van der Waals surface area contributed by atoms with Crippen LogP contribution in [0.5, 0.6) is 11.5 Å². The number of hydrogen-bond donors (Lipinski definition) is 1. The number of ether oxygens (including phenoxy) is 1. The van der Waals surface area contributed by atoms with E-state index < -0.39 is 0 Å². The molecule has 88 valence electrons. The largest absolute Gasteiger partial charge is 0.456 e. The smallest absolute Gasteiger partial charge is 0.141 e. The lowest BCUT2D eigenvalue weighted by Crippen LogP contribution is -1.97. The van der Waals surface area contributed by atoms with Crippen molar-refractivity contribution >= 4 is 15.9 Å². The number of halogens is 2. The summed E-state index contributed by atoms with van der Waals surface area (Å²) in [5.74, 6) is 0.730. The molecule has 0 saturated heterocycles. The fourth-order valence-electron chi connectivity index (χ4n) is 1.45. The number of hydrogen-bond acceptors (Lipinski definition) is 2. The lowest BCUT2D eigenvalue weighted by atomic mass is 10.2. The van der Waals surface area contributed by atoms with E-state index >= 15 is 0 Å². The van der Waals surface area contributed by atoms with Crippen molar-refractivity contribution in [3.63, 3.8) is 0 Å². The quantitative estimate of drug-likeness (QED) is 0.934. The van der Waals surface area contributed by atoms with Gasteiger partial charge in [0.05, 0.1) is 4.47 Å². The molecule has 0 aliphatic heterocycles. The summed E-state index contributed by atoms with van der Waals surface area (Å²) in [6.45, 7) is 0.282. The van der Waals surface area contributed by atoms with E-state index in [2.05, 4.69) is 15.9 Å². The number of nitrogens with two attached hydrogens (primary N) is 1. The van der Waals surface area contributed by atoms with Gasteiger partial charge in [-0.2, -0.15) is 0 Å². The topological polar surface area (TPSA) is 35.2 Å². The highest BCUT2D eigenvalue weighted by Crippen LogP contribution is 2.29. The van der Waals surface area contributed by atoms with Crippen molar-refractivity contribution in [1.29, 1.82) is 0 Å². The van der Waals surface area contributed by atoms with Crippen LogP contribution in [0.15, 0.2) is 46.9 Å². The first-order valence-corrected chi connectivity index (χ1v) is 5.90. The molecule has 0 spiro atoms. The molecule has 0 fully saturated rings. The molecular formula is C13H11BrFNO. The maximum atomic E-state index is 13.3. The third-order valence-electron chi connectivity index (χ3n) is 2.23. The minimum absolute atomic E-state index is 0.282. The first kappa shape index (κ1) is 12.1. The van der Waals surface area contributed by atoms with Crippen LogP contribution in [0.25, 0.3) is 0 Å². The second-order valence-electron chi connectivity index (χ2n) is 3.53. The maximum absolute atomic E-state index is 13.3. The van der Waals surface area contributed by atoms with Crippen LogP contribution in [0, 0.1) is 5.82 Å². The number of benzene rings is 2. The molecule has 17 heavy (non-hydrogen) atoms. The van der Waals surface area contributed by atoms with Crippen LogP contribution in [-0.4, -0.2) is 0 Å². The Morgan fingerprint density at radius 1 is 1.18 bits per heavy atom. The van der Waals surface area contributed by atoms with E-state index in [9.17, 15) is 4.39 Å². The number of rotatable bonds is 3. The molecule has 2 nitrogen and oxygen atoms in total. The van der Waals surface area contributed by atoms with Crippen LogP contribution < -0.4 is 10.5 Å². The van der Waals surface area contributed by atoms with Crippen molar-refractivity contribution in [2.45, 2.75) is 6.54 Å². The summed E-state index contributed by atoms with van der Waals surface area (Å²) in [5, 5.41) is 0. The third-order valence-corrected chi connectivity index (χ3v) is 2.89. The maximum Gasteiger partial charge on any atom is 0.141 e. The molecule has 2 N–H and O–H groups in total. The fraction of sp³-hybridized carbons (Fsp3) is 0.0769. The van der Waals surface area contributed by atoms with Crippen LogP contribution in [0.4, 0.5) is 4.39 Å². The van der Waals surface area contributed by atoms with Gasteiger partial charge in [0.25, 0.3) is 0 Å². The first-order chi connectivity index (χ1) is 8.19. The third kappa shape index (κ3) is 3.05. The van der Waals surface area contributed by atoms with E-state index in [1.165, 1.54) is 12.1 Å². The van der Waals surface area contributed by atoms with Gasteiger partial charge in [-0.25, -0.2) is 4.39 Å². The Balaban J connectivity index is 2.30. The van der Waals surface area contributed by atoms with Gasteiger partial charge in [0.1, 0.15) is 17.3 Å². The molecule has 0 atom stereocenters. The number of para-hydroxylation sites is 1. The van der Waals surface area contributed by atoms with Gasteiger partial charge >= 0.3 is 0 Å². The van der Waals surface area contributed by atoms with Gasteiger partial charge in [-0.15, -0.1) is 0 Å². The van der Waals surface area contributed by atoms with Crippen LogP contribution in [0.1, 0.15) is 5.56 Å². The van der Waals surface area contributed by atoms with Crippen molar-refractivity contribution in [2.24, 2.45) is 5.73 Å². The zero-order valence-corrected chi connectivity index (χ0v) is 10.6. The van der Waals surface area contributed by atoms with E-state index in [4.69, 9.17) is 10.5 Å². The predicted octanol–water partition coefficient (Wildman–Crippen LogP) is 3.84. The fourth-order valence-corrected chi connectivity index (χ4v) is 1.82. The Labute approximate surface area is 107 Å². The van der Waals surface area contributed by atoms with E-state index in [-0.39, 0.29) is 12.4 Å². The van der Waals surface area contributed by atoms with Gasteiger partial charge in [0, 0.05) is 12.6 Å². The Hall–Kier alpha value is -1.39. The highest BCUT2D eigenvalue weighted by molar-refractivity contribution is 9.10. The molecule has 0 aliphatic rings. The van der Waals surface area contributed by atoms with Crippen molar-refractivity contribution in [3.8, 4) is 11.5 Å². The summed E-state index contributed by atoms with van der Waals surface area (Å²) >= 11 is 3.36. The van der Waals surface area contributed by atoms with E-state index in [0.29, 0.717) is 17.1 Å². The summed E-state index contributed by atoms with van der Waals surface area (Å²) in [6.07, 6.45) is 0. The second kappa shape index (κ2) is 5.29. The lowest BCUT2D eigenvalue weighted by Gasteiger charge is -2.08. The van der Waals surface area contributed by atoms with Crippen molar-refractivity contribution < 1.29 is 9.13 Å². The Kier molecular flexibility index (Phi) is 3.76. The first-order valence-electron chi connectivity index (χ1n) is 5.11. The van der Waals surface area contributed by atoms with Gasteiger partial charge < -0.3 is 10.5 Å². The monoisotopic (exact) mass is 295 g/mol. The average Bonchev–Trinajstić information content (AvgIpc) is 2.31. The zero-order valence-electron chi connectivity index (χ0n) is 8.99. The molecule has 0 aliphatic carbocycles. The van der Waals surface area contributed by atoms with E-state index in [0.717, 1.165) is 4.47 Å². The molecule has 0 saturated carbocycles. The zero-order chi connectivity index (χ0) is 12.3. The van der Waals surface area contributed by atoms with Gasteiger partial charge in [-0.3, -0.25) is 0 Å². The summed E-state index contributed by atoms with van der Waals surface area (Å²) in [4.78, 5) is 0. The van der Waals surface area contributed by atoms with Gasteiger partial charge in [-0.1, -0.05) is 12.1 Å². The van der Waals surface area contributed by atoms with Crippen LogP contribution in [-0.2, 0) is 6.54 Å². The highest BCUT2D eigenvalue weighted by Gasteiger charge is 2.04. The van der Waals surface area contributed by atoms with Crippen LogP contribution in [0.3, 0.4) is 0 Å². The highest BCUT2D eigenvalue weighted by atomic mass is 79.9. The van der Waals surface area contributed by atoms with Crippen molar-refractivity contribution in [3.05, 3.63) is 58.3 Å². The molecule has 4 heteroatoms. The minimum Gasteiger partial charge on any atom is -0.456 e. The molecule has 0 aromatic heterocycles. The molecule has 0 radical (unpaired) electrons.